The van der Waals surface area contributed by atoms with Crippen LogP contribution in [-0.2, 0) is 17.6 Å². The average molecular weight is 413 g/mol. The van der Waals surface area contributed by atoms with Crippen LogP contribution < -0.4 is 0 Å². The predicted molar refractivity (Wildman–Crippen MR) is 114 cm³/mol. The van der Waals surface area contributed by atoms with E-state index < -0.39 is 11.6 Å². The third-order valence-electron chi connectivity index (χ3n) is 7.77. The molecular weight excluding hydrogens is 382 g/mol. The molecular formula is C25H30F2N2O. The number of ketones is 1. The zero-order chi connectivity index (χ0) is 20.7. The van der Waals surface area contributed by atoms with Crippen LogP contribution in [0.2, 0.25) is 0 Å². The second kappa shape index (κ2) is 8.33. The summed E-state index contributed by atoms with van der Waals surface area (Å²) in [5, 5.41) is 0. The van der Waals surface area contributed by atoms with E-state index in [4.69, 9.17) is 0 Å². The summed E-state index contributed by atoms with van der Waals surface area (Å²) in [7, 11) is 0. The Labute approximate surface area is 177 Å². The Balaban J connectivity index is 1.24. The molecule has 3 nitrogen and oxygen atoms in total. The van der Waals surface area contributed by atoms with Crippen LogP contribution in [0.3, 0.4) is 0 Å². The molecule has 4 unspecified atom stereocenters. The van der Waals surface area contributed by atoms with Crippen LogP contribution in [0, 0.1) is 29.4 Å². The molecule has 0 bridgehead atoms. The standard InChI is InChI=1S/C25H30F2N2O/c26-23-11-18-8-20-14-29(15-21(20)9-19(18)12-24(23)27)25-4-2-1-3-17(25)10-22(30)7-16-5-6-28-13-16/h5-6,11-12,17,20-21,25H,1-4,7-10,13-15H2. The van der Waals surface area contributed by atoms with E-state index in [0.29, 0.717) is 49.0 Å². The molecule has 0 spiro atoms. The maximum absolute atomic E-state index is 13.7. The summed E-state index contributed by atoms with van der Waals surface area (Å²) in [6.45, 7) is 2.73. The van der Waals surface area contributed by atoms with Gasteiger partial charge in [-0.2, -0.15) is 0 Å². The van der Waals surface area contributed by atoms with E-state index >= 15 is 0 Å². The monoisotopic (exact) mass is 412 g/mol. The minimum Gasteiger partial charge on any atom is -0.300 e. The number of aliphatic imine (C=N–C) groups is 1. The van der Waals surface area contributed by atoms with E-state index in [1.165, 1.54) is 31.4 Å². The smallest absolute Gasteiger partial charge is 0.159 e. The third kappa shape index (κ3) is 4.01. The van der Waals surface area contributed by atoms with Gasteiger partial charge in [-0.05, 0) is 78.3 Å². The van der Waals surface area contributed by atoms with E-state index in [0.717, 1.165) is 49.1 Å². The van der Waals surface area contributed by atoms with E-state index in [1.54, 1.807) is 6.21 Å². The van der Waals surface area contributed by atoms with Gasteiger partial charge in [0.2, 0.25) is 0 Å². The Morgan fingerprint density at radius 3 is 2.33 bits per heavy atom. The van der Waals surface area contributed by atoms with E-state index in [9.17, 15) is 13.6 Å². The van der Waals surface area contributed by atoms with Gasteiger partial charge < -0.3 is 0 Å². The first-order chi connectivity index (χ1) is 14.6. The van der Waals surface area contributed by atoms with Crippen LogP contribution in [0.4, 0.5) is 8.78 Å². The lowest BCUT2D eigenvalue weighted by molar-refractivity contribution is -0.120. The number of Topliss-reactive ketones (excluding diaryl/α,β-unsaturated/α-hetero) is 1. The molecule has 2 aliphatic heterocycles. The lowest BCUT2D eigenvalue weighted by Gasteiger charge is -2.38. The summed E-state index contributed by atoms with van der Waals surface area (Å²) in [6.07, 6.45) is 11.4. The van der Waals surface area contributed by atoms with E-state index in [1.807, 2.05) is 6.08 Å². The highest BCUT2D eigenvalue weighted by Gasteiger charge is 2.42. The zero-order valence-corrected chi connectivity index (χ0v) is 17.5. The molecule has 2 heterocycles. The molecule has 2 fully saturated rings. The Bertz CT molecular complexity index is 854. The van der Waals surface area contributed by atoms with E-state index in [-0.39, 0.29) is 0 Å². The highest BCUT2D eigenvalue weighted by molar-refractivity contribution is 5.84. The lowest BCUT2D eigenvalue weighted by atomic mass is 9.78. The molecule has 1 saturated carbocycles. The summed E-state index contributed by atoms with van der Waals surface area (Å²) in [6, 6.07) is 3.29. The Hall–Kier alpha value is -1.88. The van der Waals surface area contributed by atoms with Gasteiger partial charge in [0.05, 0.1) is 6.54 Å². The molecule has 4 aliphatic rings. The van der Waals surface area contributed by atoms with Crippen molar-refractivity contribution in [2.75, 3.05) is 19.6 Å². The number of rotatable bonds is 5. The maximum atomic E-state index is 13.7. The second-order valence-corrected chi connectivity index (χ2v) is 9.76. The normalized spacial score (nSPS) is 30.8. The number of benzene rings is 1. The van der Waals surface area contributed by atoms with Crippen molar-refractivity contribution in [1.82, 2.24) is 4.90 Å². The fourth-order valence-corrected chi connectivity index (χ4v) is 6.30. The number of hydrogen-bond acceptors (Lipinski definition) is 3. The van der Waals surface area contributed by atoms with E-state index in [2.05, 4.69) is 9.89 Å². The van der Waals surface area contributed by atoms with Crippen LogP contribution in [0.1, 0.15) is 49.7 Å². The maximum Gasteiger partial charge on any atom is 0.159 e. The van der Waals surface area contributed by atoms with Gasteiger partial charge in [-0.25, -0.2) is 8.78 Å². The predicted octanol–water partition coefficient (Wildman–Crippen LogP) is 4.53. The summed E-state index contributed by atoms with van der Waals surface area (Å²) in [5.74, 6) is 0.361. The van der Waals surface area contributed by atoms with Crippen molar-refractivity contribution in [1.29, 1.82) is 0 Å². The number of halogens is 2. The number of nitrogens with zero attached hydrogens (tertiary/aromatic N) is 2. The van der Waals surface area contributed by atoms with Crippen LogP contribution in [0.5, 0.6) is 0 Å². The number of allylic oxidation sites excluding steroid dienone is 1. The fourth-order valence-electron chi connectivity index (χ4n) is 6.30. The summed E-state index contributed by atoms with van der Waals surface area (Å²) in [5.41, 5.74) is 3.11. The van der Waals surface area contributed by atoms with Gasteiger partial charge in [0.15, 0.2) is 11.6 Å². The first-order valence-electron chi connectivity index (χ1n) is 11.5. The molecule has 2 aliphatic carbocycles. The first-order valence-corrected chi connectivity index (χ1v) is 11.5. The molecule has 1 saturated heterocycles. The molecule has 1 aromatic carbocycles. The van der Waals surface area contributed by atoms with Gasteiger partial charge in [0.1, 0.15) is 5.78 Å². The Kier molecular flexibility index (Phi) is 5.57. The number of carbonyl (C=O) groups excluding carboxylic acids is 1. The molecule has 160 valence electrons. The van der Waals surface area contributed by atoms with Gasteiger partial charge in [-0.15, -0.1) is 0 Å². The third-order valence-corrected chi connectivity index (χ3v) is 7.77. The molecule has 0 amide bonds. The minimum atomic E-state index is -0.726. The highest BCUT2D eigenvalue weighted by atomic mass is 19.2. The van der Waals surface area contributed by atoms with Gasteiger partial charge in [0, 0.05) is 38.2 Å². The van der Waals surface area contributed by atoms with Crippen molar-refractivity contribution < 1.29 is 13.6 Å². The van der Waals surface area contributed by atoms with Crippen LogP contribution >= 0.6 is 0 Å². The fraction of sp³-hybridized carbons (Fsp3) is 0.600. The quantitative estimate of drug-likeness (QED) is 0.712. The number of likely N-dealkylation sites (tertiary alicyclic amines) is 1. The van der Waals surface area contributed by atoms with Crippen molar-refractivity contribution in [3.63, 3.8) is 0 Å². The second-order valence-electron chi connectivity index (χ2n) is 9.76. The highest BCUT2D eigenvalue weighted by Crippen LogP contribution is 2.41. The van der Waals surface area contributed by atoms with Crippen molar-refractivity contribution in [3.8, 4) is 0 Å². The van der Waals surface area contributed by atoms with Crippen molar-refractivity contribution in [3.05, 3.63) is 46.5 Å². The summed E-state index contributed by atoms with van der Waals surface area (Å²) in [4.78, 5) is 19.5. The molecule has 5 heteroatoms. The topological polar surface area (TPSA) is 32.7 Å². The van der Waals surface area contributed by atoms with Crippen molar-refractivity contribution >= 4 is 12.0 Å². The largest absolute Gasteiger partial charge is 0.300 e. The number of hydrogen-bond donors (Lipinski definition) is 0. The summed E-state index contributed by atoms with van der Waals surface area (Å²) >= 11 is 0. The van der Waals surface area contributed by atoms with Crippen molar-refractivity contribution in [2.24, 2.45) is 22.7 Å². The van der Waals surface area contributed by atoms with Gasteiger partial charge in [-0.3, -0.25) is 14.7 Å². The molecule has 30 heavy (non-hydrogen) atoms. The molecule has 0 N–H and O–H groups in total. The molecule has 0 radical (unpaired) electrons. The Morgan fingerprint density at radius 2 is 1.70 bits per heavy atom. The van der Waals surface area contributed by atoms with Gasteiger partial charge in [-0.1, -0.05) is 12.8 Å². The number of carbonyl (C=O) groups is 1. The number of fused-ring (bicyclic) bond motifs is 2. The molecule has 5 rings (SSSR count). The average Bonchev–Trinajstić information content (AvgIpc) is 3.37. The lowest BCUT2D eigenvalue weighted by Crippen LogP contribution is -2.42. The minimum absolute atomic E-state index is 0.346. The SMILES string of the molecule is O=C(CC1=CC=NC1)CC1CCCCC1N1CC2Cc3cc(F)c(F)cc3CC2C1. The van der Waals surface area contributed by atoms with Crippen LogP contribution in [-0.4, -0.2) is 42.6 Å². The van der Waals surface area contributed by atoms with Crippen LogP contribution in [0.15, 0.2) is 28.8 Å². The van der Waals surface area contributed by atoms with Gasteiger partial charge >= 0.3 is 0 Å². The van der Waals surface area contributed by atoms with Crippen molar-refractivity contribution in [2.45, 2.75) is 57.4 Å². The van der Waals surface area contributed by atoms with Gasteiger partial charge in [0.25, 0.3) is 0 Å². The molecule has 1 aromatic rings. The molecule has 0 aromatic heterocycles. The first kappa shape index (κ1) is 20.0. The molecule has 4 atom stereocenters. The summed E-state index contributed by atoms with van der Waals surface area (Å²) < 4.78 is 27.4. The Morgan fingerprint density at radius 1 is 1.03 bits per heavy atom. The zero-order valence-electron chi connectivity index (χ0n) is 17.5. The van der Waals surface area contributed by atoms with Crippen LogP contribution in [0.25, 0.3) is 0 Å².